The number of carbonyl (C=O) groups is 1. The van der Waals surface area contributed by atoms with Crippen LogP contribution in [-0.4, -0.2) is 28.3 Å². The van der Waals surface area contributed by atoms with Crippen LogP contribution in [0.4, 0.5) is 5.82 Å². The SMILES string of the molecule is Cl.O=C(Nc1ccnn1C1CCCC1)[C@@H]1CCCCN1. The topological polar surface area (TPSA) is 59.0 Å². The van der Waals surface area contributed by atoms with E-state index in [1.165, 1.54) is 32.1 Å². The number of nitrogens with one attached hydrogen (secondary N) is 2. The Kier molecular flexibility index (Phi) is 5.43. The lowest BCUT2D eigenvalue weighted by Gasteiger charge is -2.23. The summed E-state index contributed by atoms with van der Waals surface area (Å²) in [6.07, 6.45) is 9.89. The molecule has 0 spiro atoms. The lowest BCUT2D eigenvalue weighted by atomic mass is 10.0. The first-order valence-corrected chi connectivity index (χ1v) is 7.42. The predicted molar refractivity (Wildman–Crippen MR) is 81.3 cm³/mol. The number of rotatable bonds is 3. The molecule has 112 valence electrons. The summed E-state index contributed by atoms with van der Waals surface area (Å²) in [4.78, 5) is 12.2. The molecule has 2 fully saturated rings. The van der Waals surface area contributed by atoms with E-state index in [1.807, 2.05) is 10.7 Å². The van der Waals surface area contributed by atoms with Gasteiger partial charge in [-0.25, -0.2) is 4.68 Å². The largest absolute Gasteiger partial charge is 0.310 e. The van der Waals surface area contributed by atoms with Crippen molar-refractivity contribution in [3.63, 3.8) is 0 Å². The molecule has 1 aromatic rings. The minimum absolute atomic E-state index is 0. The summed E-state index contributed by atoms with van der Waals surface area (Å²) in [5.41, 5.74) is 0. The van der Waals surface area contributed by atoms with Crippen molar-refractivity contribution in [2.45, 2.75) is 57.0 Å². The van der Waals surface area contributed by atoms with Crippen molar-refractivity contribution in [1.82, 2.24) is 15.1 Å². The molecule has 6 heteroatoms. The fourth-order valence-corrected chi connectivity index (χ4v) is 3.14. The minimum Gasteiger partial charge on any atom is -0.310 e. The molecule has 20 heavy (non-hydrogen) atoms. The minimum atomic E-state index is -0.0410. The average molecular weight is 299 g/mol. The second-order valence-corrected chi connectivity index (χ2v) is 5.59. The van der Waals surface area contributed by atoms with Crippen molar-refractivity contribution in [3.05, 3.63) is 12.3 Å². The van der Waals surface area contributed by atoms with Crippen LogP contribution >= 0.6 is 12.4 Å². The monoisotopic (exact) mass is 298 g/mol. The van der Waals surface area contributed by atoms with Gasteiger partial charge < -0.3 is 10.6 Å². The quantitative estimate of drug-likeness (QED) is 0.901. The van der Waals surface area contributed by atoms with Gasteiger partial charge in [0.25, 0.3) is 0 Å². The molecule has 1 aliphatic carbocycles. The van der Waals surface area contributed by atoms with Gasteiger partial charge >= 0.3 is 0 Å². The first-order valence-electron chi connectivity index (χ1n) is 7.42. The molecule has 1 aliphatic heterocycles. The number of anilines is 1. The Morgan fingerprint density at radius 3 is 2.70 bits per heavy atom. The zero-order valence-corrected chi connectivity index (χ0v) is 12.5. The number of amides is 1. The van der Waals surface area contributed by atoms with E-state index in [0.29, 0.717) is 6.04 Å². The molecule has 1 saturated heterocycles. The molecule has 1 saturated carbocycles. The number of nitrogens with zero attached hydrogens (tertiary/aromatic N) is 2. The molecular weight excluding hydrogens is 276 g/mol. The zero-order valence-electron chi connectivity index (χ0n) is 11.7. The summed E-state index contributed by atoms with van der Waals surface area (Å²) in [6, 6.07) is 2.32. The highest BCUT2D eigenvalue weighted by Gasteiger charge is 2.24. The third-order valence-corrected chi connectivity index (χ3v) is 4.22. The van der Waals surface area contributed by atoms with Crippen molar-refractivity contribution in [2.24, 2.45) is 0 Å². The highest BCUT2D eigenvalue weighted by molar-refractivity contribution is 5.94. The van der Waals surface area contributed by atoms with Crippen LogP contribution < -0.4 is 10.6 Å². The van der Waals surface area contributed by atoms with E-state index in [0.717, 1.165) is 25.2 Å². The van der Waals surface area contributed by atoms with Gasteiger partial charge in [0.15, 0.2) is 0 Å². The normalized spacial score (nSPS) is 23.3. The number of halogens is 1. The Morgan fingerprint density at radius 1 is 1.25 bits per heavy atom. The predicted octanol–water partition coefficient (Wildman–Crippen LogP) is 2.50. The van der Waals surface area contributed by atoms with Crippen molar-refractivity contribution in [1.29, 1.82) is 0 Å². The van der Waals surface area contributed by atoms with Crippen LogP contribution in [0, 0.1) is 0 Å². The zero-order chi connectivity index (χ0) is 13.1. The number of hydrogen-bond donors (Lipinski definition) is 2. The lowest BCUT2D eigenvalue weighted by Crippen LogP contribution is -2.43. The molecule has 1 atom stereocenters. The van der Waals surface area contributed by atoms with Gasteiger partial charge in [0.05, 0.1) is 18.3 Å². The maximum atomic E-state index is 12.2. The van der Waals surface area contributed by atoms with Gasteiger partial charge in [-0.05, 0) is 32.2 Å². The second-order valence-electron chi connectivity index (χ2n) is 5.59. The van der Waals surface area contributed by atoms with E-state index >= 15 is 0 Å². The van der Waals surface area contributed by atoms with Crippen LogP contribution in [0.15, 0.2) is 12.3 Å². The Morgan fingerprint density at radius 2 is 2.00 bits per heavy atom. The third kappa shape index (κ3) is 3.33. The number of carbonyl (C=O) groups excluding carboxylic acids is 1. The summed E-state index contributed by atoms with van der Waals surface area (Å²) in [5.74, 6) is 0.934. The lowest BCUT2D eigenvalue weighted by molar-refractivity contribution is -0.118. The maximum Gasteiger partial charge on any atom is 0.242 e. The molecule has 2 N–H and O–H groups in total. The standard InChI is InChI=1S/C14H22N4O.ClH/c19-14(12-7-3-4-9-15-12)17-13-8-10-16-18(13)11-5-1-2-6-11;/h8,10-12,15H,1-7,9H2,(H,17,19);1H/t12-;/m0./s1. The van der Waals surface area contributed by atoms with Crippen LogP contribution in [0.5, 0.6) is 0 Å². The summed E-state index contributed by atoms with van der Waals surface area (Å²) in [6.45, 7) is 0.944. The first-order chi connectivity index (χ1) is 9.34. The Bertz CT molecular complexity index is 436. The summed E-state index contributed by atoms with van der Waals surface area (Å²) in [7, 11) is 0. The van der Waals surface area contributed by atoms with Gasteiger partial charge in [0, 0.05) is 6.07 Å². The summed E-state index contributed by atoms with van der Waals surface area (Å²) < 4.78 is 1.99. The molecule has 1 amide bonds. The van der Waals surface area contributed by atoms with Gasteiger partial charge in [-0.2, -0.15) is 5.10 Å². The highest BCUT2D eigenvalue weighted by Crippen LogP contribution is 2.31. The van der Waals surface area contributed by atoms with Crippen molar-refractivity contribution < 1.29 is 4.79 Å². The van der Waals surface area contributed by atoms with Gasteiger partial charge in [-0.15, -0.1) is 12.4 Å². The van der Waals surface area contributed by atoms with E-state index in [2.05, 4.69) is 15.7 Å². The Labute approximate surface area is 125 Å². The molecule has 2 aliphatic rings. The summed E-state index contributed by atoms with van der Waals surface area (Å²) >= 11 is 0. The summed E-state index contributed by atoms with van der Waals surface area (Å²) in [5, 5.41) is 10.7. The van der Waals surface area contributed by atoms with Gasteiger partial charge in [0.2, 0.25) is 5.91 Å². The molecule has 0 unspecified atom stereocenters. The molecule has 5 nitrogen and oxygen atoms in total. The molecule has 0 radical (unpaired) electrons. The molecule has 1 aromatic heterocycles. The van der Waals surface area contributed by atoms with Crippen molar-refractivity contribution >= 4 is 24.1 Å². The highest BCUT2D eigenvalue weighted by atomic mass is 35.5. The molecule has 0 bridgehead atoms. The molecular formula is C14H23ClN4O. The van der Waals surface area contributed by atoms with Crippen LogP contribution in [0.1, 0.15) is 51.0 Å². The third-order valence-electron chi connectivity index (χ3n) is 4.22. The van der Waals surface area contributed by atoms with Gasteiger partial charge in [-0.3, -0.25) is 4.79 Å². The first kappa shape index (κ1) is 15.3. The van der Waals surface area contributed by atoms with E-state index in [1.54, 1.807) is 6.20 Å². The average Bonchev–Trinajstić information content (AvgIpc) is 3.10. The fraction of sp³-hybridized carbons (Fsp3) is 0.714. The molecule has 3 rings (SSSR count). The van der Waals surface area contributed by atoms with E-state index in [9.17, 15) is 4.79 Å². The smallest absolute Gasteiger partial charge is 0.242 e. The van der Waals surface area contributed by atoms with Crippen molar-refractivity contribution in [2.75, 3.05) is 11.9 Å². The number of aromatic nitrogens is 2. The maximum absolute atomic E-state index is 12.2. The van der Waals surface area contributed by atoms with Crippen LogP contribution in [0.2, 0.25) is 0 Å². The number of hydrogen-bond acceptors (Lipinski definition) is 3. The van der Waals surface area contributed by atoms with E-state index in [4.69, 9.17) is 0 Å². The van der Waals surface area contributed by atoms with E-state index in [-0.39, 0.29) is 24.4 Å². The van der Waals surface area contributed by atoms with Crippen LogP contribution in [0.25, 0.3) is 0 Å². The number of piperidine rings is 1. The van der Waals surface area contributed by atoms with Gasteiger partial charge in [-0.1, -0.05) is 19.3 Å². The van der Waals surface area contributed by atoms with Crippen molar-refractivity contribution in [3.8, 4) is 0 Å². The Hall–Kier alpha value is -1.07. The Balaban J connectivity index is 0.00000147. The van der Waals surface area contributed by atoms with Crippen LogP contribution in [0.3, 0.4) is 0 Å². The van der Waals surface area contributed by atoms with Gasteiger partial charge in [0.1, 0.15) is 5.82 Å². The second kappa shape index (κ2) is 7.09. The van der Waals surface area contributed by atoms with Crippen LogP contribution in [-0.2, 0) is 4.79 Å². The van der Waals surface area contributed by atoms with E-state index < -0.39 is 0 Å². The molecule has 2 heterocycles. The fourth-order valence-electron chi connectivity index (χ4n) is 3.14. The molecule has 0 aromatic carbocycles.